The van der Waals surface area contributed by atoms with Gasteiger partial charge in [-0.3, -0.25) is 9.20 Å². The van der Waals surface area contributed by atoms with E-state index in [1.807, 2.05) is 0 Å². The van der Waals surface area contributed by atoms with Crippen LogP contribution in [0.1, 0.15) is 46.2 Å². The number of piperidine rings is 1. The van der Waals surface area contributed by atoms with E-state index in [9.17, 15) is 22.4 Å². The Labute approximate surface area is 195 Å². The molecule has 2 atom stereocenters. The van der Waals surface area contributed by atoms with E-state index in [2.05, 4.69) is 15.0 Å². The number of alkyl halides is 3. The minimum Gasteiger partial charge on any atom is -0.484 e. The molecular weight excluding hydrogens is 468 g/mol. The standard InChI is InChI=1S/C23H18F4N6O2/c1-10-18-21(28)31-14-8-29-13(7-15(14)33(18)9-30-10)22(34)32-6-2-3-16-19(32)11-4-5-12(23(25,26)27)17(24)20(11)35-16/h4-5,7-9,16,19H,2-3,6H2,1H3,(H2,28,31). The van der Waals surface area contributed by atoms with E-state index in [1.54, 1.807) is 23.7 Å². The average molecular weight is 486 g/mol. The molecule has 6 rings (SSSR count). The van der Waals surface area contributed by atoms with Crippen molar-refractivity contribution >= 4 is 28.3 Å². The molecule has 0 radical (unpaired) electrons. The van der Waals surface area contributed by atoms with Gasteiger partial charge in [0.2, 0.25) is 0 Å². The van der Waals surface area contributed by atoms with E-state index in [4.69, 9.17) is 10.5 Å². The number of anilines is 1. The van der Waals surface area contributed by atoms with Crippen LogP contribution in [0.2, 0.25) is 0 Å². The van der Waals surface area contributed by atoms with Crippen LogP contribution in [0.25, 0.3) is 16.6 Å². The number of benzene rings is 1. The summed E-state index contributed by atoms with van der Waals surface area (Å²) in [6.45, 7) is 2.12. The summed E-state index contributed by atoms with van der Waals surface area (Å²) in [5, 5.41) is 0. The molecule has 1 saturated heterocycles. The van der Waals surface area contributed by atoms with Gasteiger partial charge in [-0.15, -0.1) is 0 Å². The molecule has 0 aliphatic carbocycles. The second-order valence-electron chi connectivity index (χ2n) is 8.69. The topological polar surface area (TPSA) is 98.6 Å². The monoisotopic (exact) mass is 486 g/mol. The number of rotatable bonds is 1. The van der Waals surface area contributed by atoms with Gasteiger partial charge in [0, 0.05) is 12.1 Å². The highest BCUT2D eigenvalue weighted by molar-refractivity contribution is 5.96. The first-order chi connectivity index (χ1) is 16.6. The molecular formula is C23H18F4N6O2. The molecule has 2 N–H and O–H groups in total. The molecule has 35 heavy (non-hydrogen) atoms. The molecule has 2 aliphatic heterocycles. The number of carbonyl (C=O) groups excluding carboxylic acids is 1. The third-order valence-electron chi connectivity index (χ3n) is 6.63. The first-order valence-corrected chi connectivity index (χ1v) is 10.9. The minimum absolute atomic E-state index is 0.109. The lowest BCUT2D eigenvalue weighted by molar-refractivity contribution is -0.140. The summed E-state index contributed by atoms with van der Waals surface area (Å²) >= 11 is 0. The maximum Gasteiger partial charge on any atom is 0.419 e. The third kappa shape index (κ3) is 3.12. The maximum absolute atomic E-state index is 14.7. The first-order valence-electron chi connectivity index (χ1n) is 10.9. The zero-order chi connectivity index (χ0) is 24.6. The predicted octanol–water partition coefficient (Wildman–Crippen LogP) is 4.06. The summed E-state index contributed by atoms with van der Waals surface area (Å²) in [4.78, 5) is 27.9. The van der Waals surface area contributed by atoms with Gasteiger partial charge in [0.1, 0.15) is 29.2 Å². The number of imidazole rings is 1. The minimum atomic E-state index is -4.85. The van der Waals surface area contributed by atoms with Gasteiger partial charge in [0.05, 0.1) is 29.0 Å². The number of aryl methyl sites for hydroxylation is 1. The summed E-state index contributed by atoms with van der Waals surface area (Å²) in [5.74, 6) is -2.06. The van der Waals surface area contributed by atoms with E-state index in [1.165, 1.54) is 17.2 Å². The summed E-state index contributed by atoms with van der Waals surface area (Å²) in [5.41, 5.74) is 7.33. The molecule has 1 amide bonds. The Bertz CT molecular complexity index is 1530. The Morgan fingerprint density at radius 3 is 2.83 bits per heavy atom. The van der Waals surface area contributed by atoms with E-state index in [0.29, 0.717) is 47.7 Å². The summed E-state index contributed by atoms with van der Waals surface area (Å²) < 4.78 is 61.6. The fraction of sp³-hybridized carbons (Fsp3) is 0.304. The fourth-order valence-corrected chi connectivity index (χ4v) is 5.07. The van der Waals surface area contributed by atoms with E-state index in [-0.39, 0.29) is 17.1 Å². The molecule has 0 saturated carbocycles. The Kier molecular flexibility index (Phi) is 4.48. The van der Waals surface area contributed by atoms with Crippen LogP contribution in [-0.4, -0.2) is 42.8 Å². The van der Waals surface area contributed by atoms with E-state index < -0.39 is 41.4 Å². The molecule has 8 nitrogen and oxygen atoms in total. The van der Waals surface area contributed by atoms with E-state index >= 15 is 0 Å². The van der Waals surface area contributed by atoms with Crippen molar-refractivity contribution < 1.29 is 27.1 Å². The number of halogens is 4. The quantitative estimate of drug-likeness (QED) is 0.408. The number of pyridine rings is 1. The lowest BCUT2D eigenvalue weighted by Crippen LogP contribution is -2.44. The molecule has 0 bridgehead atoms. The zero-order valence-electron chi connectivity index (χ0n) is 18.3. The van der Waals surface area contributed by atoms with Crippen molar-refractivity contribution in [3.05, 3.63) is 59.1 Å². The van der Waals surface area contributed by atoms with Gasteiger partial charge in [0.15, 0.2) is 17.4 Å². The van der Waals surface area contributed by atoms with Gasteiger partial charge in [-0.05, 0) is 31.9 Å². The number of fused-ring (bicyclic) bond motifs is 6. The number of nitrogen functional groups attached to an aromatic ring is 1. The highest BCUT2D eigenvalue weighted by Gasteiger charge is 2.47. The number of carbonyl (C=O) groups is 1. The summed E-state index contributed by atoms with van der Waals surface area (Å²) in [6, 6.07) is 2.74. The van der Waals surface area contributed by atoms with Gasteiger partial charge in [0.25, 0.3) is 5.91 Å². The molecule has 4 aromatic rings. The Morgan fingerprint density at radius 2 is 2.06 bits per heavy atom. The van der Waals surface area contributed by atoms with Gasteiger partial charge in [-0.25, -0.2) is 19.3 Å². The van der Waals surface area contributed by atoms with Crippen LogP contribution in [0.15, 0.2) is 30.7 Å². The lowest BCUT2D eigenvalue weighted by Gasteiger charge is -2.36. The predicted molar refractivity (Wildman–Crippen MR) is 116 cm³/mol. The van der Waals surface area contributed by atoms with Gasteiger partial charge >= 0.3 is 6.18 Å². The van der Waals surface area contributed by atoms with Crippen LogP contribution in [0.5, 0.6) is 5.75 Å². The second-order valence-corrected chi connectivity index (χ2v) is 8.69. The highest BCUT2D eigenvalue weighted by Crippen LogP contribution is 2.48. The third-order valence-corrected chi connectivity index (χ3v) is 6.63. The van der Waals surface area contributed by atoms with Gasteiger partial charge in [-0.1, -0.05) is 6.07 Å². The van der Waals surface area contributed by atoms with Crippen molar-refractivity contribution in [1.82, 2.24) is 24.3 Å². The van der Waals surface area contributed by atoms with Crippen molar-refractivity contribution in [3.63, 3.8) is 0 Å². The molecule has 1 aromatic carbocycles. The molecule has 180 valence electrons. The molecule has 0 spiro atoms. The number of nitrogens with zero attached hydrogens (tertiary/aromatic N) is 5. The molecule has 1 fully saturated rings. The van der Waals surface area contributed by atoms with Crippen LogP contribution in [0, 0.1) is 12.7 Å². The summed E-state index contributed by atoms with van der Waals surface area (Å²) in [6.07, 6.45) is -1.46. The highest BCUT2D eigenvalue weighted by atomic mass is 19.4. The van der Waals surface area contributed by atoms with Crippen LogP contribution >= 0.6 is 0 Å². The maximum atomic E-state index is 14.7. The van der Waals surface area contributed by atoms with Crippen molar-refractivity contribution in [3.8, 4) is 5.75 Å². The number of aromatic nitrogens is 4. The Hall–Kier alpha value is -3.96. The van der Waals surface area contributed by atoms with Crippen LogP contribution < -0.4 is 10.5 Å². The number of ether oxygens (including phenoxy) is 1. The van der Waals surface area contributed by atoms with Crippen molar-refractivity contribution in [1.29, 1.82) is 0 Å². The second kappa shape index (κ2) is 7.27. The number of likely N-dealkylation sites (tertiary alicyclic amines) is 1. The van der Waals surface area contributed by atoms with Crippen LogP contribution in [0.3, 0.4) is 0 Å². The largest absolute Gasteiger partial charge is 0.484 e. The number of amides is 1. The van der Waals surface area contributed by atoms with E-state index in [0.717, 1.165) is 0 Å². The van der Waals surface area contributed by atoms with Crippen LogP contribution in [0.4, 0.5) is 23.4 Å². The number of hydrogen-bond acceptors (Lipinski definition) is 6. The van der Waals surface area contributed by atoms with Crippen molar-refractivity contribution in [2.75, 3.05) is 12.3 Å². The zero-order valence-corrected chi connectivity index (χ0v) is 18.3. The molecule has 2 aliphatic rings. The van der Waals surface area contributed by atoms with Gasteiger partial charge < -0.3 is 15.4 Å². The lowest BCUT2D eigenvalue weighted by atomic mass is 9.93. The first kappa shape index (κ1) is 21.6. The SMILES string of the molecule is Cc1ncn2c1c(N)nc1cnc(C(=O)N3CCCC4Oc5c(ccc(C(F)(F)F)c5F)C43)cc12. The smallest absolute Gasteiger partial charge is 0.419 e. The van der Waals surface area contributed by atoms with Crippen molar-refractivity contribution in [2.45, 2.75) is 38.1 Å². The molecule has 3 aromatic heterocycles. The fourth-order valence-electron chi connectivity index (χ4n) is 5.07. The van der Waals surface area contributed by atoms with Gasteiger partial charge in [-0.2, -0.15) is 13.2 Å². The Morgan fingerprint density at radius 1 is 1.26 bits per heavy atom. The molecule has 12 heteroatoms. The number of hydrogen-bond donors (Lipinski definition) is 1. The molecule has 2 unspecified atom stereocenters. The van der Waals surface area contributed by atoms with Crippen LogP contribution in [-0.2, 0) is 6.18 Å². The molecule has 5 heterocycles. The normalized spacial score (nSPS) is 19.6. The Balaban J connectivity index is 1.42. The number of nitrogens with two attached hydrogens (primary N) is 1. The van der Waals surface area contributed by atoms with Crippen molar-refractivity contribution in [2.24, 2.45) is 0 Å². The summed E-state index contributed by atoms with van der Waals surface area (Å²) in [7, 11) is 0. The average Bonchev–Trinajstić information content (AvgIpc) is 3.40.